The third-order valence-corrected chi connectivity index (χ3v) is 4.66. The van der Waals surface area contributed by atoms with Crippen LogP contribution in [-0.4, -0.2) is 53.7 Å². The van der Waals surface area contributed by atoms with Crippen molar-refractivity contribution in [3.63, 3.8) is 0 Å². The predicted octanol–water partition coefficient (Wildman–Crippen LogP) is 1.47. The molecule has 20 heavy (non-hydrogen) atoms. The molecule has 0 saturated carbocycles. The molecule has 0 bridgehead atoms. The first-order valence-electron chi connectivity index (χ1n) is 7.72. The number of anilines is 1. The smallest absolute Gasteiger partial charge is 0.0916 e. The number of nitrogens with zero attached hydrogens (tertiary/aromatic N) is 2. The molecule has 2 atom stereocenters. The molecule has 0 spiro atoms. The highest BCUT2D eigenvalue weighted by Crippen LogP contribution is 2.23. The van der Waals surface area contributed by atoms with Crippen LogP contribution in [0.2, 0.25) is 0 Å². The molecule has 1 aromatic carbocycles. The van der Waals surface area contributed by atoms with Gasteiger partial charge in [0.05, 0.1) is 6.10 Å². The molecule has 4 nitrogen and oxygen atoms in total. The SMILES string of the molecule is Nc1ccc(C(O)CN2CCC(N3CCCC3)C2)cc1. The maximum absolute atomic E-state index is 10.3. The maximum Gasteiger partial charge on any atom is 0.0916 e. The Bertz CT molecular complexity index is 428. The number of aliphatic hydroxyl groups is 1. The van der Waals surface area contributed by atoms with E-state index in [1.807, 2.05) is 24.3 Å². The van der Waals surface area contributed by atoms with Crippen molar-refractivity contribution in [1.82, 2.24) is 9.80 Å². The van der Waals surface area contributed by atoms with E-state index in [-0.39, 0.29) is 0 Å². The number of nitrogens with two attached hydrogens (primary N) is 1. The van der Waals surface area contributed by atoms with Crippen LogP contribution < -0.4 is 5.73 Å². The summed E-state index contributed by atoms with van der Waals surface area (Å²) in [5.41, 5.74) is 7.39. The zero-order chi connectivity index (χ0) is 13.9. The first-order valence-corrected chi connectivity index (χ1v) is 7.72. The van der Waals surface area contributed by atoms with Crippen molar-refractivity contribution < 1.29 is 5.11 Å². The van der Waals surface area contributed by atoms with E-state index in [0.717, 1.165) is 30.9 Å². The Labute approximate surface area is 121 Å². The van der Waals surface area contributed by atoms with Gasteiger partial charge in [-0.3, -0.25) is 9.80 Å². The number of hydrogen-bond acceptors (Lipinski definition) is 4. The van der Waals surface area contributed by atoms with Crippen molar-refractivity contribution >= 4 is 5.69 Å². The lowest BCUT2D eigenvalue weighted by atomic mass is 10.1. The lowest BCUT2D eigenvalue weighted by Crippen LogP contribution is -2.36. The van der Waals surface area contributed by atoms with Gasteiger partial charge in [-0.25, -0.2) is 0 Å². The van der Waals surface area contributed by atoms with Gasteiger partial charge in [-0.2, -0.15) is 0 Å². The molecule has 0 radical (unpaired) electrons. The Morgan fingerprint density at radius 1 is 1.15 bits per heavy atom. The predicted molar refractivity (Wildman–Crippen MR) is 81.5 cm³/mol. The van der Waals surface area contributed by atoms with Gasteiger partial charge in [0, 0.05) is 24.8 Å². The third-order valence-electron chi connectivity index (χ3n) is 4.66. The Hall–Kier alpha value is -1.10. The van der Waals surface area contributed by atoms with Crippen molar-refractivity contribution in [3.05, 3.63) is 29.8 Å². The van der Waals surface area contributed by atoms with Crippen molar-refractivity contribution in [2.45, 2.75) is 31.4 Å². The third kappa shape index (κ3) is 3.14. The van der Waals surface area contributed by atoms with Crippen LogP contribution in [0, 0.1) is 0 Å². The standard InChI is InChI=1S/C16H25N3O/c17-14-5-3-13(4-6-14)16(20)12-18-10-7-15(11-18)19-8-1-2-9-19/h3-6,15-16,20H,1-2,7-12,17H2. The lowest BCUT2D eigenvalue weighted by molar-refractivity contribution is 0.120. The fourth-order valence-corrected chi connectivity index (χ4v) is 3.45. The van der Waals surface area contributed by atoms with E-state index in [1.54, 1.807) is 0 Å². The number of aliphatic hydroxyl groups excluding tert-OH is 1. The Balaban J connectivity index is 1.52. The molecule has 4 heteroatoms. The van der Waals surface area contributed by atoms with E-state index in [2.05, 4.69) is 9.80 Å². The summed E-state index contributed by atoms with van der Waals surface area (Å²) in [7, 11) is 0. The Morgan fingerprint density at radius 3 is 2.55 bits per heavy atom. The minimum Gasteiger partial charge on any atom is -0.399 e. The summed E-state index contributed by atoms with van der Waals surface area (Å²) >= 11 is 0. The fourth-order valence-electron chi connectivity index (χ4n) is 3.45. The van der Waals surface area contributed by atoms with Gasteiger partial charge in [-0.05, 0) is 56.6 Å². The normalized spacial score (nSPS) is 26.1. The largest absolute Gasteiger partial charge is 0.399 e. The van der Waals surface area contributed by atoms with E-state index in [9.17, 15) is 5.11 Å². The summed E-state index contributed by atoms with van der Waals surface area (Å²) in [6, 6.07) is 8.27. The fraction of sp³-hybridized carbons (Fsp3) is 0.625. The molecule has 110 valence electrons. The van der Waals surface area contributed by atoms with Gasteiger partial charge in [-0.15, -0.1) is 0 Å². The summed E-state index contributed by atoms with van der Waals surface area (Å²) in [5, 5.41) is 10.3. The van der Waals surface area contributed by atoms with Crippen LogP contribution in [0.5, 0.6) is 0 Å². The second kappa shape index (κ2) is 6.12. The van der Waals surface area contributed by atoms with Crippen LogP contribution in [0.25, 0.3) is 0 Å². The molecule has 2 fully saturated rings. The van der Waals surface area contributed by atoms with Crippen molar-refractivity contribution in [3.8, 4) is 0 Å². The topological polar surface area (TPSA) is 52.7 Å². The first kappa shape index (κ1) is 13.9. The van der Waals surface area contributed by atoms with Crippen LogP contribution in [0.1, 0.15) is 30.9 Å². The zero-order valence-corrected chi connectivity index (χ0v) is 12.0. The number of hydrogen-bond donors (Lipinski definition) is 2. The average molecular weight is 275 g/mol. The Morgan fingerprint density at radius 2 is 1.85 bits per heavy atom. The summed E-state index contributed by atoms with van der Waals surface area (Å²) < 4.78 is 0. The minimum atomic E-state index is -0.409. The van der Waals surface area contributed by atoms with Crippen LogP contribution in [0.4, 0.5) is 5.69 Å². The highest BCUT2D eigenvalue weighted by Gasteiger charge is 2.30. The summed E-state index contributed by atoms with van der Waals surface area (Å²) in [5.74, 6) is 0. The van der Waals surface area contributed by atoms with Crippen LogP contribution in [0.15, 0.2) is 24.3 Å². The molecule has 2 saturated heterocycles. The number of rotatable bonds is 4. The number of β-amino-alcohol motifs (C(OH)–C–C–N with tert-alkyl or cyclic N) is 1. The molecule has 3 rings (SSSR count). The molecule has 2 heterocycles. The van der Waals surface area contributed by atoms with Crippen LogP contribution in [0.3, 0.4) is 0 Å². The lowest BCUT2D eigenvalue weighted by Gasteiger charge is -2.24. The maximum atomic E-state index is 10.3. The van der Waals surface area contributed by atoms with Gasteiger partial charge in [0.25, 0.3) is 0 Å². The quantitative estimate of drug-likeness (QED) is 0.817. The second-order valence-corrected chi connectivity index (χ2v) is 6.13. The monoisotopic (exact) mass is 275 g/mol. The molecular weight excluding hydrogens is 250 g/mol. The first-order chi connectivity index (χ1) is 9.72. The number of benzene rings is 1. The number of likely N-dealkylation sites (tertiary alicyclic amines) is 2. The molecule has 0 aromatic heterocycles. The van der Waals surface area contributed by atoms with Gasteiger partial charge in [-0.1, -0.05) is 12.1 Å². The minimum absolute atomic E-state index is 0.409. The molecule has 0 amide bonds. The van der Waals surface area contributed by atoms with Crippen LogP contribution >= 0.6 is 0 Å². The molecule has 0 aliphatic carbocycles. The van der Waals surface area contributed by atoms with Crippen molar-refractivity contribution in [1.29, 1.82) is 0 Å². The molecule has 1 aromatic rings. The molecule has 2 unspecified atom stereocenters. The van der Waals surface area contributed by atoms with Crippen molar-refractivity contribution in [2.24, 2.45) is 0 Å². The van der Waals surface area contributed by atoms with Gasteiger partial charge >= 0.3 is 0 Å². The Kier molecular flexibility index (Phi) is 4.24. The van der Waals surface area contributed by atoms with E-state index < -0.39 is 6.10 Å². The van der Waals surface area contributed by atoms with E-state index >= 15 is 0 Å². The molecule has 2 aliphatic heterocycles. The highest BCUT2D eigenvalue weighted by atomic mass is 16.3. The van der Waals surface area contributed by atoms with Gasteiger partial charge in [0.15, 0.2) is 0 Å². The molecular formula is C16H25N3O. The van der Waals surface area contributed by atoms with Gasteiger partial charge in [0.2, 0.25) is 0 Å². The summed E-state index contributed by atoms with van der Waals surface area (Å²) in [4.78, 5) is 5.01. The average Bonchev–Trinajstić information content (AvgIpc) is 3.09. The van der Waals surface area contributed by atoms with E-state index in [4.69, 9.17) is 5.73 Å². The molecule has 3 N–H and O–H groups in total. The van der Waals surface area contributed by atoms with Crippen molar-refractivity contribution in [2.75, 3.05) is 38.5 Å². The van der Waals surface area contributed by atoms with E-state index in [0.29, 0.717) is 6.04 Å². The highest BCUT2D eigenvalue weighted by molar-refractivity contribution is 5.39. The van der Waals surface area contributed by atoms with Crippen LogP contribution in [-0.2, 0) is 0 Å². The number of nitrogen functional groups attached to an aromatic ring is 1. The second-order valence-electron chi connectivity index (χ2n) is 6.13. The van der Waals surface area contributed by atoms with E-state index in [1.165, 1.54) is 32.4 Å². The summed E-state index contributed by atoms with van der Waals surface area (Å²) in [6.07, 6.45) is 3.54. The zero-order valence-electron chi connectivity index (χ0n) is 12.0. The van der Waals surface area contributed by atoms with Gasteiger partial charge < -0.3 is 10.8 Å². The summed E-state index contributed by atoms with van der Waals surface area (Å²) in [6.45, 7) is 5.46. The molecule has 2 aliphatic rings. The van der Waals surface area contributed by atoms with Gasteiger partial charge in [0.1, 0.15) is 0 Å².